The van der Waals surface area contributed by atoms with Crippen LogP contribution in [0.15, 0.2) is 34.9 Å². The van der Waals surface area contributed by atoms with E-state index in [2.05, 4.69) is 36.2 Å². The summed E-state index contributed by atoms with van der Waals surface area (Å²) in [6.07, 6.45) is 2.53. The Kier molecular flexibility index (Phi) is 2.35. The van der Waals surface area contributed by atoms with Gasteiger partial charge in [0, 0.05) is 6.42 Å². The van der Waals surface area contributed by atoms with Crippen LogP contribution in [0.3, 0.4) is 0 Å². The molecule has 0 atom stereocenters. The van der Waals surface area contributed by atoms with Crippen LogP contribution < -0.4 is 0 Å². The van der Waals surface area contributed by atoms with Crippen LogP contribution in [-0.2, 0) is 6.42 Å². The molecule has 2 rings (SSSR count). The molecule has 2 aromatic rings. The maximum atomic E-state index is 5.41. The van der Waals surface area contributed by atoms with Crippen molar-refractivity contribution in [3.05, 3.63) is 53.2 Å². The Hall–Kier alpha value is -1.57. The van der Waals surface area contributed by atoms with E-state index >= 15 is 0 Å². The Balaban J connectivity index is 2.15. The standard InChI is InChI=1S/C12H13NO/c1-9-3-5-11(6-4-9)7-12-13-8-10(2)14-12/h3-6,8H,7H2,1-2H3. The van der Waals surface area contributed by atoms with Gasteiger partial charge < -0.3 is 4.42 Å². The first kappa shape index (κ1) is 9.00. The van der Waals surface area contributed by atoms with Crippen molar-refractivity contribution in [1.82, 2.24) is 4.98 Å². The highest BCUT2D eigenvalue weighted by molar-refractivity contribution is 5.23. The van der Waals surface area contributed by atoms with Crippen molar-refractivity contribution >= 4 is 0 Å². The Morgan fingerprint density at radius 3 is 2.43 bits per heavy atom. The molecule has 0 radical (unpaired) electrons. The second kappa shape index (κ2) is 3.66. The van der Waals surface area contributed by atoms with Gasteiger partial charge in [-0.1, -0.05) is 29.8 Å². The molecule has 0 aliphatic carbocycles. The highest BCUT2D eigenvalue weighted by Crippen LogP contribution is 2.10. The van der Waals surface area contributed by atoms with Crippen LogP contribution in [0, 0.1) is 13.8 Å². The largest absolute Gasteiger partial charge is 0.446 e. The predicted molar refractivity (Wildman–Crippen MR) is 55.2 cm³/mol. The molecule has 0 saturated carbocycles. The Morgan fingerprint density at radius 2 is 1.86 bits per heavy atom. The summed E-state index contributed by atoms with van der Waals surface area (Å²) in [7, 11) is 0. The van der Waals surface area contributed by atoms with Crippen molar-refractivity contribution in [1.29, 1.82) is 0 Å². The first-order valence-electron chi connectivity index (χ1n) is 4.71. The minimum absolute atomic E-state index is 0.772. The second-order valence-electron chi connectivity index (χ2n) is 3.53. The van der Waals surface area contributed by atoms with Crippen LogP contribution in [0.25, 0.3) is 0 Å². The van der Waals surface area contributed by atoms with E-state index in [-0.39, 0.29) is 0 Å². The zero-order chi connectivity index (χ0) is 9.97. The van der Waals surface area contributed by atoms with Gasteiger partial charge in [0.2, 0.25) is 0 Å². The molecule has 0 N–H and O–H groups in total. The van der Waals surface area contributed by atoms with Gasteiger partial charge in [-0.15, -0.1) is 0 Å². The topological polar surface area (TPSA) is 26.0 Å². The van der Waals surface area contributed by atoms with Gasteiger partial charge in [0.1, 0.15) is 5.76 Å². The SMILES string of the molecule is Cc1ccc(Cc2ncc(C)o2)cc1. The molecule has 14 heavy (non-hydrogen) atoms. The third kappa shape index (κ3) is 2.02. The summed E-state index contributed by atoms with van der Waals surface area (Å²) in [5.74, 6) is 1.65. The number of benzene rings is 1. The summed E-state index contributed by atoms with van der Waals surface area (Å²) in [6.45, 7) is 3.99. The number of oxazole rings is 1. The van der Waals surface area contributed by atoms with Crippen LogP contribution in [0.1, 0.15) is 22.8 Å². The highest BCUT2D eigenvalue weighted by Gasteiger charge is 2.01. The third-order valence-corrected chi connectivity index (χ3v) is 2.15. The van der Waals surface area contributed by atoms with E-state index in [4.69, 9.17) is 4.42 Å². The van der Waals surface area contributed by atoms with Crippen LogP contribution >= 0.6 is 0 Å². The summed E-state index contributed by atoms with van der Waals surface area (Å²) in [5.41, 5.74) is 2.51. The Morgan fingerprint density at radius 1 is 1.14 bits per heavy atom. The third-order valence-electron chi connectivity index (χ3n) is 2.15. The van der Waals surface area contributed by atoms with Gasteiger partial charge in [-0.3, -0.25) is 0 Å². The van der Waals surface area contributed by atoms with E-state index in [1.54, 1.807) is 6.20 Å². The zero-order valence-corrected chi connectivity index (χ0v) is 8.45. The van der Waals surface area contributed by atoms with Crippen LogP contribution in [0.4, 0.5) is 0 Å². The number of rotatable bonds is 2. The monoisotopic (exact) mass is 187 g/mol. The summed E-state index contributed by atoms with van der Waals surface area (Å²) in [5, 5.41) is 0. The van der Waals surface area contributed by atoms with Crippen molar-refractivity contribution in [2.75, 3.05) is 0 Å². The van der Waals surface area contributed by atoms with E-state index in [0.717, 1.165) is 18.1 Å². The summed E-state index contributed by atoms with van der Waals surface area (Å²) >= 11 is 0. The lowest BCUT2D eigenvalue weighted by molar-refractivity contribution is 0.481. The number of aromatic nitrogens is 1. The highest BCUT2D eigenvalue weighted by atomic mass is 16.3. The van der Waals surface area contributed by atoms with Gasteiger partial charge in [-0.05, 0) is 19.4 Å². The number of hydrogen-bond acceptors (Lipinski definition) is 2. The molecule has 0 spiro atoms. The molecule has 0 bridgehead atoms. The summed E-state index contributed by atoms with van der Waals surface area (Å²) < 4.78 is 5.41. The Bertz CT molecular complexity index is 414. The average Bonchev–Trinajstić information content (AvgIpc) is 2.56. The molecule has 72 valence electrons. The molecule has 2 nitrogen and oxygen atoms in total. The van der Waals surface area contributed by atoms with Crippen molar-refractivity contribution < 1.29 is 4.42 Å². The van der Waals surface area contributed by atoms with Crippen molar-refractivity contribution in [3.8, 4) is 0 Å². The minimum Gasteiger partial charge on any atom is -0.446 e. The molecule has 0 saturated heterocycles. The molecule has 0 aliphatic rings. The molecule has 0 amide bonds. The first-order chi connectivity index (χ1) is 6.74. The van der Waals surface area contributed by atoms with E-state index in [9.17, 15) is 0 Å². The maximum Gasteiger partial charge on any atom is 0.198 e. The van der Waals surface area contributed by atoms with Crippen LogP contribution in [0.2, 0.25) is 0 Å². The van der Waals surface area contributed by atoms with Gasteiger partial charge in [0.15, 0.2) is 5.89 Å². The summed E-state index contributed by atoms with van der Waals surface area (Å²) in [4.78, 5) is 4.17. The van der Waals surface area contributed by atoms with E-state index in [1.165, 1.54) is 11.1 Å². The van der Waals surface area contributed by atoms with Crippen LogP contribution in [-0.4, -0.2) is 4.98 Å². The van der Waals surface area contributed by atoms with Gasteiger partial charge in [-0.2, -0.15) is 0 Å². The van der Waals surface area contributed by atoms with Crippen molar-refractivity contribution in [2.24, 2.45) is 0 Å². The fourth-order valence-electron chi connectivity index (χ4n) is 1.36. The maximum absolute atomic E-state index is 5.41. The summed E-state index contributed by atoms with van der Waals surface area (Å²) in [6, 6.07) is 8.42. The molecule has 1 aromatic carbocycles. The number of hydrogen-bond donors (Lipinski definition) is 0. The molecule has 0 fully saturated rings. The Labute approximate surface area is 83.6 Å². The van der Waals surface area contributed by atoms with Crippen molar-refractivity contribution in [2.45, 2.75) is 20.3 Å². The molecule has 2 heteroatoms. The fourth-order valence-corrected chi connectivity index (χ4v) is 1.36. The average molecular weight is 187 g/mol. The molecular weight excluding hydrogens is 174 g/mol. The van der Waals surface area contributed by atoms with E-state index < -0.39 is 0 Å². The fraction of sp³-hybridized carbons (Fsp3) is 0.250. The lowest BCUT2D eigenvalue weighted by Crippen LogP contribution is -1.87. The van der Waals surface area contributed by atoms with E-state index in [0.29, 0.717) is 0 Å². The smallest absolute Gasteiger partial charge is 0.198 e. The normalized spacial score (nSPS) is 10.4. The molecule has 0 unspecified atom stereocenters. The molecule has 1 heterocycles. The quantitative estimate of drug-likeness (QED) is 0.722. The molecule has 1 aromatic heterocycles. The molecule has 0 aliphatic heterocycles. The van der Waals surface area contributed by atoms with Gasteiger partial charge in [0.25, 0.3) is 0 Å². The zero-order valence-electron chi connectivity index (χ0n) is 8.45. The predicted octanol–water partition coefficient (Wildman–Crippen LogP) is 2.88. The number of aryl methyl sites for hydroxylation is 2. The van der Waals surface area contributed by atoms with Gasteiger partial charge in [-0.25, -0.2) is 4.98 Å². The number of nitrogens with zero attached hydrogens (tertiary/aromatic N) is 1. The second-order valence-corrected chi connectivity index (χ2v) is 3.53. The van der Waals surface area contributed by atoms with Crippen LogP contribution in [0.5, 0.6) is 0 Å². The van der Waals surface area contributed by atoms with E-state index in [1.807, 2.05) is 6.92 Å². The first-order valence-corrected chi connectivity index (χ1v) is 4.71. The van der Waals surface area contributed by atoms with Gasteiger partial charge >= 0.3 is 0 Å². The lowest BCUT2D eigenvalue weighted by atomic mass is 10.1. The van der Waals surface area contributed by atoms with Gasteiger partial charge in [0.05, 0.1) is 6.20 Å². The molecular formula is C12H13NO. The lowest BCUT2D eigenvalue weighted by Gasteiger charge is -1.97. The van der Waals surface area contributed by atoms with Crippen molar-refractivity contribution in [3.63, 3.8) is 0 Å². The minimum atomic E-state index is 0.772.